The topological polar surface area (TPSA) is 57.6 Å². The van der Waals surface area contributed by atoms with Crippen molar-refractivity contribution < 1.29 is 9.59 Å². The molecule has 1 N–H and O–H groups in total. The Hall–Kier alpha value is -3.28. The van der Waals surface area contributed by atoms with E-state index in [1.54, 1.807) is 19.0 Å². The normalized spacial score (nSPS) is 14.3. The third kappa shape index (κ3) is 7.15. The Morgan fingerprint density at radius 3 is 1.44 bits per heavy atom. The van der Waals surface area contributed by atoms with Crippen LogP contribution in [0.15, 0.2) is 48.9 Å². The van der Waals surface area contributed by atoms with Crippen molar-refractivity contribution >= 4 is 35.7 Å². The van der Waals surface area contributed by atoms with Gasteiger partial charge in [-0.1, -0.05) is 78.3 Å². The van der Waals surface area contributed by atoms with Crippen molar-refractivity contribution in [3.05, 3.63) is 59.6 Å². The fourth-order valence-electron chi connectivity index (χ4n) is 2.84. The minimum Gasteiger partial charge on any atom is -0.363 e. The maximum atomic E-state index is 10.6. The summed E-state index contributed by atoms with van der Waals surface area (Å²) in [6.45, 7) is 23.7. The Balaban J connectivity index is 0.000000429. The monoisotopic (exact) mass is 440 g/mol. The molecule has 4 rings (SSSR count). The summed E-state index contributed by atoms with van der Waals surface area (Å²) in [5.74, 6) is 0.958. The molecular formula is C26H40N4O2. The third-order valence-electron chi connectivity index (χ3n) is 5.06. The van der Waals surface area contributed by atoms with Crippen LogP contribution < -0.4 is 16.0 Å². The van der Waals surface area contributed by atoms with E-state index < -0.39 is 0 Å². The average Bonchev–Trinajstić information content (AvgIpc) is 3.38. The number of allylic oxidation sites excluding steroid dienone is 1. The zero-order chi connectivity index (χ0) is 25.0. The molecule has 2 aliphatic heterocycles. The Bertz CT molecular complexity index is 923. The molecule has 3 heterocycles. The summed E-state index contributed by atoms with van der Waals surface area (Å²) in [7, 11) is 5.45. The SMILES string of the molecule is C=C1CCC(=O)N1C.C=C1NCC(=O)N1C.C=c1c2ccccc2c(=C)n1C.CC.CC. The van der Waals surface area contributed by atoms with Crippen molar-refractivity contribution in [3.63, 3.8) is 0 Å². The first-order valence-corrected chi connectivity index (χ1v) is 11.0. The van der Waals surface area contributed by atoms with Crippen LogP contribution in [0.25, 0.3) is 23.9 Å². The molecule has 2 fully saturated rings. The first kappa shape index (κ1) is 28.7. The number of carbonyl (C=O) groups excluding carboxylic acids is 2. The van der Waals surface area contributed by atoms with E-state index in [-0.39, 0.29) is 11.8 Å². The number of amides is 2. The molecule has 1 aromatic carbocycles. The number of nitrogens with one attached hydrogen (secondary N) is 1. The fourth-order valence-corrected chi connectivity index (χ4v) is 2.84. The maximum absolute atomic E-state index is 10.6. The second-order valence-corrected chi connectivity index (χ2v) is 6.77. The van der Waals surface area contributed by atoms with Crippen LogP contribution in [0.1, 0.15) is 40.5 Å². The van der Waals surface area contributed by atoms with Gasteiger partial charge in [0.1, 0.15) is 5.82 Å². The standard InChI is InChI=1S/C11H11N.C6H9NO.C5H8N2O.2C2H6/c1-8-10-6-4-5-7-11(10)9(2)12(8)3;1-5-3-4-6(8)7(5)2;1-4-6-3-5(8)7(4)2;2*1-2/h4-7H,1-2H2,3H3;1,3-4H2,2H3;6H,1,3H2,2H3;2*1-2H3. The summed E-state index contributed by atoms with van der Waals surface area (Å²) in [6.07, 6.45) is 1.49. The number of likely N-dealkylation sites (tertiary alicyclic amines) is 1. The number of hydrogen-bond acceptors (Lipinski definition) is 3. The molecule has 6 heteroatoms. The van der Waals surface area contributed by atoms with Crippen LogP contribution in [0.4, 0.5) is 0 Å². The van der Waals surface area contributed by atoms with Crippen LogP contribution in [0, 0.1) is 0 Å². The molecule has 6 nitrogen and oxygen atoms in total. The largest absolute Gasteiger partial charge is 0.363 e. The minimum atomic E-state index is 0.0787. The Morgan fingerprint density at radius 2 is 1.22 bits per heavy atom. The van der Waals surface area contributed by atoms with Gasteiger partial charge in [0.2, 0.25) is 11.8 Å². The van der Waals surface area contributed by atoms with E-state index in [0.29, 0.717) is 18.8 Å². The van der Waals surface area contributed by atoms with Crippen LogP contribution in [-0.4, -0.2) is 46.8 Å². The van der Waals surface area contributed by atoms with Crippen LogP contribution in [0.2, 0.25) is 0 Å². The van der Waals surface area contributed by atoms with Gasteiger partial charge in [0.05, 0.1) is 6.54 Å². The zero-order valence-electron chi connectivity index (χ0n) is 20.9. The predicted molar refractivity (Wildman–Crippen MR) is 137 cm³/mol. The summed E-state index contributed by atoms with van der Waals surface area (Å²) >= 11 is 0. The lowest BCUT2D eigenvalue weighted by Gasteiger charge is -2.06. The van der Waals surface area contributed by atoms with Crippen molar-refractivity contribution in [2.24, 2.45) is 7.05 Å². The molecule has 0 saturated carbocycles. The second kappa shape index (κ2) is 13.9. The molecule has 176 valence electrons. The summed E-state index contributed by atoms with van der Waals surface area (Å²) in [6, 6.07) is 8.20. The van der Waals surface area contributed by atoms with Crippen molar-refractivity contribution in [3.8, 4) is 0 Å². The van der Waals surface area contributed by atoms with E-state index in [1.807, 2.05) is 51.4 Å². The van der Waals surface area contributed by atoms with Gasteiger partial charge in [-0.3, -0.25) is 9.59 Å². The van der Waals surface area contributed by atoms with E-state index in [1.165, 1.54) is 15.7 Å². The molecule has 2 aromatic rings. The molecule has 0 atom stereocenters. The lowest BCUT2D eigenvalue weighted by atomic mass is 10.2. The zero-order valence-corrected chi connectivity index (χ0v) is 20.9. The van der Waals surface area contributed by atoms with E-state index in [2.05, 4.69) is 43.8 Å². The van der Waals surface area contributed by atoms with Gasteiger partial charge in [-0.15, -0.1) is 0 Å². The van der Waals surface area contributed by atoms with Crippen molar-refractivity contribution in [1.29, 1.82) is 0 Å². The molecule has 0 bridgehead atoms. The van der Waals surface area contributed by atoms with Gasteiger partial charge < -0.3 is 19.7 Å². The molecule has 2 saturated heterocycles. The van der Waals surface area contributed by atoms with Crippen molar-refractivity contribution in [2.75, 3.05) is 20.6 Å². The molecular weight excluding hydrogens is 400 g/mol. The van der Waals surface area contributed by atoms with Gasteiger partial charge in [-0.25, -0.2) is 0 Å². The predicted octanol–water partition coefficient (Wildman–Crippen LogP) is 3.32. The number of hydrogen-bond donors (Lipinski definition) is 1. The molecule has 0 spiro atoms. The number of carbonyl (C=O) groups is 2. The third-order valence-corrected chi connectivity index (χ3v) is 5.06. The lowest BCUT2D eigenvalue weighted by molar-refractivity contribution is -0.126. The second-order valence-electron chi connectivity index (χ2n) is 6.77. The first-order chi connectivity index (χ1) is 15.1. The number of rotatable bonds is 0. The highest BCUT2D eigenvalue weighted by Gasteiger charge is 2.19. The van der Waals surface area contributed by atoms with Gasteiger partial charge in [0.15, 0.2) is 0 Å². The Labute approximate surface area is 193 Å². The number of nitrogens with zero attached hydrogens (tertiary/aromatic N) is 3. The number of likely N-dealkylation sites (N-methyl/N-ethyl adjacent to an activating group) is 1. The van der Waals surface area contributed by atoms with Crippen molar-refractivity contribution in [1.82, 2.24) is 19.7 Å². The molecule has 0 unspecified atom stereocenters. The number of aromatic nitrogens is 1. The van der Waals surface area contributed by atoms with E-state index in [0.717, 1.165) is 22.8 Å². The van der Waals surface area contributed by atoms with Crippen molar-refractivity contribution in [2.45, 2.75) is 40.5 Å². The van der Waals surface area contributed by atoms with Gasteiger partial charge in [-0.05, 0) is 6.42 Å². The molecule has 0 aliphatic carbocycles. The van der Waals surface area contributed by atoms with E-state index in [4.69, 9.17) is 0 Å². The molecule has 32 heavy (non-hydrogen) atoms. The van der Waals surface area contributed by atoms with Gasteiger partial charge in [-0.2, -0.15) is 0 Å². The fraction of sp³-hybridized carbons (Fsp3) is 0.385. The first-order valence-electron chi connectivity index (χ1n) is 11.0. The molecule has 1 aromatic heterocycles. The molecule has 0 radical (unpaired) electrons. The maximum Gasteiger partial charge on any atom is 0.247 e. The highest BCUT2D eigenvalue weighted by molar-refractivity contribution is 5.83. The molecule has 2 amide bonds. The molecule has 2 aliphatic rings. The number of benzene rings is 1. The van der Waals surface area contributed by atoms with Gasteiger partial charge >= 0.3 is 0 Å². The van der Waals surface area contributed by atoms with Crippen LogP contribution in [0.5, 0.6) is 0 Å². The summed E-state index contributed by atoms with van der Waals surface area (Å²) < 4.78 is 2.02. The smallest absolute Gasteiger partial charge is 0.247 e. The van der Waals surface area contributed by atoms with Crippen LogP contribution >= 0.6 is 0 Å². The van der Waals surface area contributed by atoms with Crippen LogP contribution in [0.3, 0.4) is 0 Å². The quantitative estimate of drug-likeness (QED) is 0.684. The Morgan fingerprint density at radius 1 is 0.750 bits per heavy atom. The minimum absolute atomic E-state index is 0.0787. The number of fused-ring (bicyclic) bond motifs is 1. The summed E-state index contributed by atoms with van der Waals surface area (Å²) in [4.78, 5) is 24.3. The lowest BCUT2D eigenvalue weighted by Crippen LogP contribution is -2.20. The van der Waals surface area contributed by atoms with Crippen LogP contribution in [-0.2, 0) is 16.6 Å². The van der Waals surface area contributed by atoms with Gasteiger partial charge in [0.25, 0.3) is 0 Å². The Kier molecular flexibility index (Phi) is 12.5. The summed E-state index contributed by atoms with van der Waals surface area (Å²) in [5, 5.41) is 7.27. The highest BCUT2D eigenvalue weighted by atomic mass is 16.2. The summed E-state index contributed by atoms with van der Waals surface area (Å²) in [5.41, 5.74) is 0.940. The van der Waals surface area contributed by atoms with E-state index in [9.17, 15) is 9.59 Å². The van der Waals surface area contributed by atoms with E-state index >= 15 is 0 Å². The average molecular weight is 441 g/mol. The highest BCUT2D eigenvalue weighted by Crippen LogP contribution is 2.16. The van der Waals surface area contributed by atoms with Gasteiger partial charge in [0, 0.05) is 54.7 Å².